The Balaban J connectivity index is 4.28. The SMILES string of the molecule is C#CCN(CC)C(=O)NC(=O)/C=C/C(=O)O. The molecule has 16 heavy (non-hydrogen) atoms. The fourth-order valence-corrected chi connectivity index (χ4v) is 0.810. The van der Waals surface area contributed by atoms with E-state index >= 15 is 0 Å². The summed E-state index contributed by atoms with van der Waals surface area (Å²) in [6.45, 7) is 2.14. The van der Waals surface area contributed by atoms with Crippen LogP contribution in [0.5, 0.6) is 0 Å². The Morgan fingerprint density at radius 3 is 2.50 bits per heavy atom. The molecule has 0 atom stereocenters. The van der Waals surface area contributed by atoms with Crippen LogP contribution in [0.3, 0.4) is 0 Å². The van der Waals surface area contributed by atoms with Gasteiger partial charge in [0, 0.05) is 18.7 Å². The molecule has 0 bridgehead atoms. The minimum absolute atomic E-state index is 0.0816. The number of aliphatic carboxylic acids is 1. The molecule has 6 heteroatoms. The maximum atomic E-state index is 11.3. The van der Waals surface area contributed by atoms with Crippen molar-refractivity contribution in [3.63, 3.8) is 0 Å². The minimum atomic E-state index is -1.27. The number of amides is 3. The highest BCUT2D eigenvalue weighted by Crippen LogP contribution is 1.88. The van der Waals surface area contributed by atoms with Crippen molar-refractivity contribution in [1.29, 1.82) is 0 Å². The molecule has 0 saturated heterocycles. The van der Waals surface area contributed by atoms with Crippen molar-refractivity contribution >= 4 is 17.9 Å². The lowest BCUT2D eigenvalue weighted by Gasteiger charge is -2.17. The molecule has 0 aromatic rings. The van der Waals surface area contributed by atoms with Gasteiger partial charge in [-0.05, 0) is 6.92 Å². The number of carboxylic acids is 1. The molecule has 0 unspecified atom stereocenters. The highest BCUT2D eigenvalue weighted by atomic mass is 16.4. The highest BCUT2D eigenvalue weighted by Gasteiger charge is 2.11. The summed E-state index contributed by atoms with van der Waals surface area (Å²) in [6, 6.07) is -0.652. The summed E-state index contributed by atoms with van der Waals surface area (Å²) in [5.74, 6) is 0.197. The third-order valence-electron chi connectivity index (χ3n) is 1.56. The Kier molecular flexibility index (Phi) is 6.05. The molecule has 0 aromatic carbocycles. The molecule has 86 valence electrons. The number of hydrogen-bond acceptors (Lipinski definition) is 3. The molecule has 0 fully saturated rings. The van der Waals surface area contributed by atoms with E-state index < -0.39 is 17.9 Å². The van der Waals surface area contributed by atoms with E-state index in [0.717, 1.165) is 6.08 Å². The first kappa shape index (κ1) is 13.7. The molecule has 0 aliphatic rings. The lowest BCUT2D eigenvalue weighted by Crippen LogP contribution is -2.42. The predicted octanol–water partition coefficient (Wildman–Crippen LogP) is -0.182. The van der Waals surface area contributed by atoms with Gasteiger partial charge in [0.1, 0.15) is 0 Å². The van der Waals surface area contributed by atoms with Crippen molar-refractivity contribution in [2.75, 3.05) is 13.1 Å². The van der Waals surface area contributed by atoms with E-state index in [1.165, 1.54) is 4.90 Å². The third kappa shape index (κ3) is 5.44. The molecule has 0 rings (SSSR count). The fourth-order valence-electron chi connectivity index (χ4n) is 0.810. The van der Waals surface area contributed by atoms with Crippen LogP contribution in [0.2, 0.25) is 0 Å². The van der Waals surface area contributed by atoms with E-state index in [1.807, 2.05) is 5.32 Å². The second kappa shape index (κ2) is 7.06. The van der Waals surface area contributed by atoms with Crippen LogP contribution in [-0.2, 0) is 9.59 Å². The molecule has 3 amide bonds. The van der Waals surface area contributed by atoms with Gasteiger partial charge in [0.25, 0.3) is 5.91 Å². The highest BCUT2D eigenvalue weighted by molar-refractivity contribution is 6.02. The van der Waals surface area contributed by atoms with Crippen LogP contribution in [0.1, 0.15) is 6.92 Å². The molecule has 0 aromatic heterocycles. The van der Waals surface area contributed by atoms with Crippen LogP contribution in [0.4, 0.5) is 4.79 Å². The standard InChI is InChI=1S/C10H12N2O4/c1-3-7-12(4-2)10(16)11-8(13)5-6-9(14)15/h1,5-6H,4,7H2,2H3,(H,14,15)(H,11,13,16)/b6-5+. The maximum Gasteiger partial charge on any atom is 0.328 e. The van der Waals surface area contributed by atoms with E-state index in [0.29, 0.717) is 12.6 Å². The molecular formula is C10H12N2O4. The van der Waals surface area contributed by atoms with Crippen molar-refractivity contribution in [3.05, 3.63) is 12.2 Å². The van der Waals surface area contributed by atoms with Crippen LogP contribution in [0, 0.1) is 12.3 Å². The second-order valence-corrected chi connectivity index (χ2v) is 2.68. The topological polar surface area (TPSA) is 86.7 Å². The molecule has 0 heterocycles. The van der Waals surface area contributed by atoms with E-state index in [4.69, 9.17) is 11.5 Å². The zero-order chi connectivity index (χ0) is 12.6. The van der Waals surface area contributed by atoms with E-state index in [9.17, 15) is 14.4 Å². The van der Waals surface area contributed by atoms with Crippen molar-refractivity contribution < 1.29 is 19.5 Å². The van der Waals surface area contributed by atoms with Crippen LogP contribution in [0.25, 0.3) is 0 Å². The Labute approximate surface area is 92.9 Å². The van der Waals surface area contributed by atoms with E-state index in [2.05, 4.69) is 5.92 Å². The molecule has 0 spiro atoms. The Morgan fingerprint density at radius 2 is 2.06 bits per heavy atom. The summed E-state index contributed by atoms with van der Waals surface area (Å²) >= 11 is 0. The van der Waals surface area contributed by atoms with Gasteiger partial charge in [-0.25, -0.2) is 9.59 Å². The number of imide groups is 1. The van der Waals surface area contributed by atoms with Crippen LogP contribution in [0.15, 0.2) is 12.2 Å². The van der Waals surface area contributed by atoms with Gasteiger partial charge in [0.15, 0.2) is 0 Å². The Bertz CT molecular complexity index is 354. The number of carbonyl (C=O) groups is 3. The monoisotopic (exact) mass is 224 g/mol. The molecule has 6 nitrogen and oxygen atoms in total. The van der Waals surface area contributed by atoms with Gasteiger partial charge in [-0.2, -0.15) is 0 Å². The molecule has 0 radical (unpaired) electrons. The van der Waals surface area contributed by atoms with Gasteiger partial charge in [-0.1, -0.05) is 5.92 Å². The van der Waals surface area contributed by atoms with Gasteiger partial charge in [0.05, 0.1) is 6.54 Å². The molecule has 0 aliphatic heterocycles. The van der Waals surface area contributed by atoms with Crippen LogP contribution in [-0.4, -0.2) is 41.0 Å². The average Bonchev–Trinajstić information content (AvgIpc) is 2.22. The molecule has 0 aliphatic carbocycles. The summed E-state index contributed by atoms with van der Waals surface area (Å²) in [5, 5.41) is 10.2. The van der Waals surface area contributed by atoms with Crippen molar-refractivity contribution in [2.45, 2.75) is 6.92 Å². The van der Waals surface area contributed by atoms with Crippen molar-refractivity contribution in [3.8, 4) is 12.3 Å². The number of urea groups is 1. The maximum absolute atomic E-state index is 11.3. The minimum Gasteiger partial charge on any atom is -0.478 e. The van der Waals surface area contributed by atoms with Crippen LogP contribution < -0.4 is 5.32 Å². The Morgan fingerprint density at radius 1 is 1.44 bits per heavy atom. The van der Waals surface area contributed by atoms with E-state index in [-0.39, 0.29) is 6.54 Å². The second-order valence-electron chi connectivity index (χ2n) is 2.68. The first-order valence-electron chi connectivity index (χ1n) is 4.45. The number of nitrogens with one attached hydrogen (secondary N) is 1. The normalized spacial score (nSPS) is 9.50. The zero-order valence-electron chi connectivity index (χ0n) is 8.77. The summed E-state index contributed by atoms with van der Waals surface area (Å²) < 4.78 is 0. The molecule has 0 saturated carbocycles. The number of terminal acetylenes is 1. The summed E-state index contributed by atoms with van der Waals surface area (Å²) in [6.07, 6.45) is 6.42. The average molecular weight is 224 g/mol. The smallest absolute Gasteiger partial charge is 0.328 e. The number of rotatable bonds is 4. The lowest BCUT2D eigenvalue weighted by molar-refractivity contribution is -0.131. The number of carboxylic acid groups (broad SMARTS) is 1. The third-order valence-corrected chi connectivity index (χ3v) is 1.56. The van der Waals surface area contributed by atoms with Gasteiger partial charge in [-0.3, -0.25) is 10.1 Å². The lowest BCUT2D eigenvalue weighted by atomic mass is 10.4. The van der Waals surface area contributed by atoms with Gasteiger partial charge in [-0.15, -0.1) is 6.42 Å². The number of nitrogens with zero attached hydrogens (tertiary/aromatic N) is 1. The number of carbonyl (C=O) groups excluding carboxylic acids is 2. The molecule has 2 N–H and O–H groups in total. The van der Waals surface area contributed by atoms with Gasteiger partial charge < -0.3 is 10.0 Å². The summed E-state index contributed by atoms with van der Waals surface area (Å²) in [5.41, 5.74) is 0. The van der Waals surface area contributed by atoms with Crippen molar-refractivity contribution in [2.24, 2.45) is 0 Å². The summed E-state index contributed by atoms with van der Waals surface area (Å²) in [7, 11) is 0. The first-order valence-corrected chi connectivity index (χ1v) is 4.45. The largest absolute Gasteiger partial charge is 0.478 e. The number of hydrogen-bond donors (Lipinski definition) is 2. The Hall–Kier alpha value is -2.29. The van der Waals surface area contributed by atoms with Gasteiger partial charge >= 0.3 is 12.0 Å². The quantitative estimate of drug-likeness (QED) is 0.512. The predicted molar refractivity (Wildman–Crippen MR) is 56.4 cm³/mol. The summed E-state index contributed by atoms with van der Waals surface area (Å²) in [4.78, 5) is 33.7. The first-order chi connectivity index (χ1) is 7.51. The molecular weight excluding hydrogens is 212 g/mol. The van der Waals surface area contributed by atoms with Crippen LogP contribution >= 0.6 is 0 Å². The fraction of sp³-hybridized carbons (Fsp3) is 0.300. The van der Waals surface area contributed by atoms with Gasteiger partial charge in [0.2, 0.25) is 0 Å². The zero-order valence-corrected chi connectivity index (χ0v) is 8.77. The van der Waals surface area contributed by atoms with Crippen molar-refractivity contribution in [1.82, 2.24) is 10.2 Å². The van der Waals surface area contributed by atoms with E-state index in [1.54, 1.807) is 6.92 Å².